The van der Waals surface area contributed by atoms with Gasteiger partial charge in [0.15, 0.2) is 0 Å². The first kappa shape index (κ1) is 11.2. The summed E-state index contributed by atoms with van der Waals surface area (Å²) in [5, 5.41) is 18.4. The Hall–Kier alpha value is -2.29. The normalized spacial score (nSPS) is 10.2. The van der Waals surface area contributed by atoms with Crippen LogP contribution in [-0.4, -0.2) is 16.2 Å². The second-order valence-electron chi connectivity index (χ2n) is 3.90. The predicted molar refractivity (Wildman–Crippen MR) is 65.2 cm³/mol. The second-order valence-corrected chi connectivity index (χ2v) is 3.90. The Bertz CT molecular complexity index is 556. The Labute approximate surface area is 99.0 Å². The van der Waals surface area contributed by atoms with E-state index < -0.39 is 5.97 Å². The number of carboxylic acid groups (broad SMARTS) is 1. The molecule has 0 aromatic heterocycles. The topological polar surface area (TPSA) is 57.5 Å². The van der Waals surface area contributed by atoms with E-state index in [-0.39, 0.29) is 11.3 Å². The van der Waals surface area contributed by atoms with Crippen molar-refractivity contribution in [3.8, 4) is 16.9 Å². The number of benzene rings is 2. The Kier molecular flexibility index (Phi) is 2.83. The van der Waals surface area contributed by atoms with Gasteiger partial charge in [0.05, 0.1) is 5.56 Å². The van der Waals surface area contributed by atoms with Crippen LogP contribution in [-0.2, 0) is 0 Å². The van der Waals surface area contributed by atoms with Gasteiger partial charge in [0.25, 0.3) is 0 Å². The molecule has 2 aromatic rings. The molecule has 3 nitrogen and oxygen atoms in total. The Morgan fingerprint density at radius 1 is 1.06 bits per heavy atom. The lowest BCUT2D eigenvalue weighted by Gasteiger charge is -2.07. The number of aromatic hydroxyl groups is 1. The molecule has 0 saturated heterocycles. The summed E-state index contributed by atoms with van der Waals surface area (Å²) in [7, 11) is 0. The number of phenolic OH excluding ortho intramolecular Hbond substituents is 1. The van der Waals surface area contributed by atoms with Crippen molar-refractivity contribution in [2.24, 2.45) is 0 Å². The van der Waals surface area contributed by atoms with Crippen molar-refractivity contribution in [2.75, 3.05) is 0 Å². The number of phenols is 1. The molecule has 2 rings (SSSR count). The van der Waals surface area contributed by atoms with Crippen LogP contribution in [0, 0.1) is 6.92 Å². The molecule has 2 N–H and O–H groups in total. The van der Waals surface area contributed by atoms with Crippen LogP contribution >= 0.6 is 0 Å². The van der Waals surface area contributed by atoms with Crippen LogP contribution in [0.2, 0.25) is 0 Å². The molecule has 0 amide bonds. The van der Waals surface area contributed by atoms with Crippen LogP contribution in [0.25, 0.3) is 11.1 Å². The van der Waals surface area contributed by atoms with Crippen LogP contribution in [0.3, 0.4) is 0 Å². The zero-order valence-corrected chi connectivity index (χ0v) is 9.34. The smallest absolute Gasteiger partial charge is 0.336 e. The summed E-state index contributed by atoms with van der Waals surface area (Å²) in [5.41, 5.74) is 2.61. The van der Waals surface area contributed by atoms with E-state index in [4.69, 9.17) is 5.11 Å². The van der Waals surface area contributed by atoms with Crippen molar-refractivity contribution in [1.82, 2.24) is 0 Å². The van der Waals surface area contributed by atoms with Crippen LogP contribution in [0.4, 0.5) is 0 Å². The third-order valence-corrected chi connectivity index (χ3v) is 2.58. The van der Waals surface area contributed by atoms with Crippen LogP contribution < -0.4 is 0 Å². The van der Waals surface area contributed by atoms with Gasteiger partial charge < -0.3 is 10.2 Å². The molecule has 0 aliphatic rings. The number of carboxylic acids is 1. The first-order chi connectivity index (χ1) is 8.08. The van der Waals surface area contributed by atoms with E-state index in [0.717, 1.165) is 11.1 Å². The predicted octanol–water partition coefficient (Wildman–Crippen LogP) is 3.07. The summed E-state index contributed by atoms with van der Waals surface area (Å²) in [6, 6.07) is 11.8. The molecule has 0 unspecified atom stereocenters. The van der Waals surface area contributed by atoms with E-state index in [9.17, 15) is 9.90 Å². The molecule has 17 heavy (non-hydrogen) atoms. The van der Waals surface area contributed by atoms with E-state index >= 15 is 0 Å². The maximum absolute atomic E-state index is 11.2. The number of aromatic carboxylic acids is 1. The number of hydrogen-bond donors (Lipinski definition) is 2. The molecule has 0 bridgehead atoms. The van der Waals surface area contributed by atoms with Gasteiger partial charge in [0.2, 0.25) is 0 Å². The van der Waals surface area contributed by atoms with Crippen molar-refractivity contribution in [3.63, 3.8) is 0 Å². The summed E-state index contributed by atoms with van der Waals surface area (Å²) < 4.78 is 0. The zero-order chi connectivity index (χ0) is 12.4. The first-order valence-electron chi connectivity index (χ1n) is 5.21. The average molecular weight is 228 g/mol. The summed E-state index contributed by atoms with van der Waals surface area (Å²) in [4.78, 5) is 11.2. The molecule has 0 fully saturated rings. The molecule has 0 aliphatic heterocycles. The average Bonchev–Trinajstić information content (AvgIpc) is 2.30. The third-order valence-electron chi connectivity index (χ3n) is 2.58. The van der Waals surface area contributed by atoms with Crippen molar-refractivity contribution >= 4 is 5.97 Å². The summed E-state index contributed by atoms with van der Waals surface area (Å²) in [6.45, 7) is 1.85. The number of carbonyl (C=O) groups is 1. The molecule has 0 saturated carbocycles. The molecule has 2 aromatic carbocycles. The molecule has 3 heteroatoms. The standard InChI is InChI=1S/C14H12O3/c1-9-2-7-12(13(8-9)14(16)17)10-3-5-11(15)6-4-10/h2-8,15H,1H3,(H,16,17). The van der Waals surface area contributed by atoms with E-state index in [1.807, 2.05) is 13.0 Å². The highest BCUT2D eigenvalue weighted by atomic mass is 16.4. The summed E-state index contributed by atoms with van der Waals surface area (Å²) >= 11 is 0. The summed E-state index contributed by atoms with van der Waals surface area (Å²) in [5.74, 6) is -0.783. The first-order valence-corrected chi connectivity index (χ1v) is 5.21. The fraction of sp³-hybridized carbons (Fsp3) is 0.0714. The third kappa shape index (κ3) is 2.28. The maximum atomic E-state index is 11.2. The van der Waals surface area contributed by atoms with Crippen LogP contribution in [0.1, 0.15) is 15.9 Å². The van der Waals surface area contributed by atoms with Gasteiger partial charge in [-0.2, -0.15) is 0 Å². The highest BCUT2D eigenvalue weighted by molar-refractivity contribution is 5.96. The van der Waals surface area contributed by atoms with Gasteiger partial charge >= 0.3 is 5.97 Å². The molecule has 0 aliphatic carbocycles. The van der Waals surface area contributed by atoms with Crippen molar-refractivity contribution in [1.29, 1.82) is 0 Å². The minimum atomic E-state index is -0.947. The van der Waals surface area contributed by atoms with E-state index in [0.29, 0.717) is 5.56 Å². The number of aryl methyl sites for hydroxylation is 1. The van der Waals surface area contributed by atoms with Gasteiger partial charge in [-0.3, -0.25) is 0 Å². The Balaban J connectivity index is 2.58. The minimum Gasteiger partial charge on any atom is -0.508 e. The lowest BCUT2D eigenvalue weighted by atomic mass is 9.98. The molecule has 86 valence electrons. The molecule has 0 atom stereocenters. The van der Waals surface area contributed by atoms with Crippen molar-refractivity contribution < 1.29 is 15.0 Å². The molecule has 0 spiro atoms. The summed E-state index contributed by atoms with van der Waals surface area (Å²) in [6.07, 6.45) is 0. The van der Waals surface area contributed by atoms with E-state index in [2.05, 4.69) is 0 Å². The quantitative estimate of drug-likeness (QED) is 0.830. The molecule has 0 radical (unpaired) electrons. The Morgan fingerprint density at radius 3 is 2.29 bits per heavy atom. The SMILES string of the molecule is Cc1ccc(-c2ccc(O)cc2)c(C(=O)O)c1. The fourth-order valence-corrected chi connectivity index (χ4v) is 1.73. The second kappa shape index (κ2) is 4.29. The maximum Gasteiger partial charge on any atom is 0.336 e. The molecule has 0 heterocycles. The van der Waals surface area contributed by atoms with Crippen molar-refractivity contribution in [3.05, 3.63) is 53.6 Å². The monoisotopic (exact) mass is 228 g/mol. The number of rotatable bonds is 2. The fourth-order valence-electron chi connectivity index (χ4n) is 1.73. The molecular formula is C14H12O3. The van der Waals surface area contributed by atoms with Gasteiger partial charge in [0, 0.05) is 0 Å². The van der Waals surface area contributed by atoms with Gasteiger partial charge in [0.1, 0.15) is 5.75 Å². The lowest BCUT2D eigenvalue weighted by molar-refractivity contribution is 0.0697. The van der Waals surface area contributed by atoms with Gasteiger partial charge in [-0.15, -0.1) is 0 Å². The zero-order valence-electron chi connectivity index (χ0n) is 9.34. The van der Waals surface area contributed by atoms with Crippen LogP contribution in [0.5, 0.6) is 5.75 Å². The van der Waals surface area contributed by atoms with E-state index in [1.165, 1.54) is 0 Å². The lowest BCUT2D eigenvalue weighted by Crippen LogP contribution is -2.00. The minimum absolute atomic E-state index is 0.165. The highest BCUT2D eigenvalue weighted by Gasteiger charge is 2.11. The highest BCUT2D eigenvalue weighted by Crippen LogP contribution is 2.26. The van der Waals surface area contributed by atoms with Crippen molar-refractivity contribution in [2.45, 2.75) is 6.92 Å². The largest absolute Gasteiger partial charge is 0.508 e. The van der Waals surface area contributed by atoms with Gasteiger partial charge in [-0.25, -0.2) is 4.79 Å². The van der Waals surface area contributed by atoms with Gasteiger partial charge in [-0.1, -0.05) is 29.8 Å². The number of hydrogen-bond acceptors (Lipinski definition) is 2. The Morgan fingerprint density at radius 2 is 1.71 bits per heavy atom. The van der Waals surface area contributed by atoms with Crippen LogP contribution in [0.15, 0.2) is 42.5 Å². The molecular weight excluding hydrogens is 216 g/mol. The van der Waals surface area contributed by atoms with Gasteiger partial charge in [-0.05, 0) is 36.2 Å². The van der Waals surface area contributed by atoms with E-state index in [1.54, 1.807) is 36.4 Å².